The first kappa shape index (κ1) is 13.7. The maximum atomic E-state index is 5.88. The zero-order valence-corrected chi connectivity index (χ0v) is 12.0. The first-order chi connectivity index (χ1) is 8.78. The Bertz CT molecular complexity index is 384. The Morgan fingerprint density at radius 1 is 1.28 bits per heavy atom. The van der Waals surface area contributed by atoms with Crippen LogP contribution in [0.1, 0.15) is 19.8 Å². The van der Waals surface area contributed by atoms with Crippen molar-refractivity contribution in [2.45, 2.75) is 19.8 Å². The number of hydrogen-bond donors (Lipinski definition) is 2. The van der Waals surface area contributed by atoms with Gasteiger partial charge >= 0.3 is 0 Å². The first-order valence-corrected chi connectivity index (χ1v) is 7.78. The van der Waals surface area contributed by atoms with Crippen LogP contribution in [0.2, 0.25) is 5.28 Å². The highest BCUT2D eigenvalue weighted by atomic mass is 35.5. The number of hydrogen-bond acceptors (Lipinski definition) is 6. The first-order valence-electron chi connectivity index (χ1n) is 6.25. The average molecular weight is 288 g/mol. The van der Waals surface area contributed by atoms with Gasteiger partial charge in [0, 0.05) is 13.1 Å². The third-order valence-corrected chi connectivity index (χ3v) is 4.11. The average Bonchev–Trinajstić information content (AvgIpc) is 2.86. The summed E-state index contributed by atoms with van der Waals surface area (Å²) in [6.45, 7) is 3.83. The molecule has 100 valence electrons. The van der Waals surface area contributed by atoms with Crippen molar-refractivity contribution < 1.29 is 0 Å². The summed E-state index contributed by atoms with van der Waals surface area (Å²) in [7, 11) is 0. The quantitative estimate of drug-likeness (QED) is 0.838. The van der Waals surface area contributed by atoms with Crippen LogP contribution in [0.4, 0.5) is 11.9 Å². The van der Waals surface area contributed by atoms with Gasteiger partial charge in [0.25, 0.3) is 0 Å². The predicted octanol–water partition coefficient (Wildman–Crippen LogP) is 2.51. The van der Waals surface area contributed by atoms with E-state index in [4.69, 9.17) is 11.6 Å². The Balaban J connectivity index is 1.91. The summed E-state index contributed by atoms with van der Waals surface area (Å²) < 4.78 is 0. The highest BCUT2D eigenvalue weighted by Gasteiger charge is 2.15. The summed E-state index contributed by atoms with van der Waals surface area (Å²) in [5, 5.41) is 6.59. The lowest BCUT2D eigenvalue weighted by atomic mass is 10.1. The van der Waals surface area contributed by atoms with Crippen LogP contribution in [0.25, 0.3) is 0 Å². The summed E-state index contributed by atoms with van der Waals surface area (Å²) in [6, 6.07) is 0. The molecule has 0 amide bonds. The van der Waals surface area contributed by atoms with Gasteiger partial charge in [-0.05, 0) is 41.9 Å². The second kappa shape index (κ2) is 6.99. The van der Waals surface area contributed by atoms with Crippen LogP contribution in [0.15, 0.2) is 0 Å². The van der Waals surface area contributed by atoms with Gasteiger partial charge in [-0.1, -0.05) is 6.92 Å². The molecule has 0 radical (unpaired) electrons. The van der Waals surface area contributed by atoms with E-state index in [1.165, 1.54) is 17.9 Å². The minimum atomic E-state index is 0.229. The van der Waals surface area contributed by atoms with Crippen LogP contribution in [0.5, 0.6) is 0 Å². The van der Waals surface area contributed by atoms with Gasteiger partial charge in [0.2, 0.25) is 17.2 Å². The molecule has 1 aliphatic rings. The van der Waals surface area contributed by atoms with Crippen molar-refractivity contribution in [3.8, 4) is 0 Å². The SMILES string of the molecule is CCCNc1nc(Cl)nc(NCC2CCSC2)n1. The van der Waals surface area contributed by atoms with Crippen molar-refractivity contribution in [1.82, 2.24) is 15.0 Å². The Kier molecular flexibility index (Phi) is 5.31. The van der Waals surface area contributed by atoms with Crippen molar-refractivity contribution in [3.05, 3.63) is 5.28 Å². The fourth-order valence-corrected chi connectivity index (χ4v) is 3.17. The van der Waals surface area contributed by atoms with E-state index in [0.717, 1.165) is 19.5 Å². The second-order valence-electron chi connectivity index (χ2n) is 4.29. The van der Waals surface area contributed by atoms with Crippen molar-refractivity contribution in [2.75, 3.05) is 35.2 Å². The van der Waals surface area contributed by atoms with E-state index < -0.39 is 0 Å². The molecule has 0 saturated carbocycles. The van der Waals surface area contributed by atoms with Gasteiger partial charge in [-0.2, -0.15) is 26.7 Å². The lowest BCUT2D eigenvalue weighted by molar-refractivity contribution is 0.628. The van der Waals surface area contributed by atoms with Gasteiger partial charge in [0.05, 0.1) is 0 Å². The lowest BCUT2D eigenvalue weighted by Crippen LogP contribution is -2.16. The van der Waals surface area contributed by atoms with E-state index in [1.807, 2.05) is 11.8 Å². The third-order valence-electron chi connectivity index (χ3n) is 2.71. The molecule has 1 saturated heterocycles. The van der Waals surface area contributed by atoms with Gasteiger partial charge in [0.1, 0.15) is 0 Å². The molecule has 1 aliphatic heterocycles. The van der Waals surface area contributed by atoms with Crippen LogP contribution in [0.3, 0.4) is 0 Å². The number of nitrogens with zero attached hydrogens (tertiary/aromatic N) is 3. The maximum Gasteiger partial charge on any atom is 0.228 e. The van der Waals surface area contributed by atoms with Crippen LogP contribution in [-0.2, 0) is 0 Å². The molecule has 1 aromatic rings. The molecule has 0 aliphatic carbocycles. The number of anilines is 2. The molecule has 1 fully saturated rings. The second-order valence-corrected chi connectivity index (χ2v) is 5.78. The summed E-state index contributed by atoms with van der Waals surface area (Å²) in [6.07, 6.45) is 2.28. The van der Waals surface area contributed by atoms with Crippen LogP contribution in [0, 0.1) is 5.92 Å². The van der Waals surface area contributed by atoms with Crippen molar-refractivity contribution in [2.24, 2.45) is 5.92 Å². The molecule has 2 heterocycles. The third kappa shape index (κ3) is 4.17. The minimum Gasteiger partial charge on any atom is -0.354 e. The van der Waals surface area contributed by atoms with Gasteiger partial charge in [-0.3, -0.25) is 0 Å². The standard InChI is InChI=1S/C11H18ClN5S/c1-2-4-13-10-15-9(12)16-11(17-10)14-6-8-3-5-18-7-8/h8H,2-7H2,1H3,(H2,13,14,15,16,17). The Hall–Kier alpha value is -0.750. The Morgan fingerprint density at radius 2 is 2.06 bits per heavy atom. The van der Waals surface area contributed by atoms with Crippen molar-refractivity contribution in [3.63, 3.8) is 0 Å². The van der Waals surface area contributed by atoms with Crippen LogP contribution in [-0.4, -0.2) is 39.5 Å². The molecule has 0 bridgehead atoms. The zero-order chi connectivity index (χ0) is 12.8. The van der Waals surface area contributed by atoms with Crippen LogP contribution >= 0.6 is 23.4 Å². The van der Waals surface area contributed by atoms with Crippen molar-refractivity contribution >= 4 is 35.3 Å². The Labute approximate surface area is 117 Å². The Morgan fingerprint density at radius 3 is 2.72 bits per heavy atom. The number of halogens is 1. The normalized spacial score (nSPS) is 18.9. The fraction of sp³-hybridized carbons (Fsp3) is 0.727. The smallest absolute Gasteiger partial charge is 0.228 e. The summed E-state index contributed by atoms with van der Waals surface area (Å²) >= 11 is 7.88. The maximum absolute atomic E-state index is 5.88. The zero-order valence-electron chi connectivity index (χ0n) is 10.4. The number of rotatable bonds is 6. The minimum absolute atomic E-state index is 0.229. The monoisotopic (exact) mass is 287 g/mol. The number of thioether (sulfide) groups is 1. The predicted molar refractivity (Wildman–Crippen MR) is 77.5 cm³/mol. The molecule has 5 nitrogen and oxygen atoms in total. The largest absolute Gasteiger partial charge is 0.354 e. The van der Waals surface area contributed by atoms with Crippen molar-refractivity contribution in [1.29, 1.82) is 0 Å². The fourth-order valence-electron chi connectivity index (χ4n) is 1.72. The highest BCUT2D eigenvalue weighted by Crippen LogP contribution is 2.23. The molecular formula is C11H18ClN5S. The molecule has 1 unspecified atom stereocenters. The summed E-state index contributed by atoms with van der Waals surface area (Å²) in [5.74, 6) is 4.28. The van der Waals surface area contributed by atoms with E-state index in [0.29, 0.717) is 17.8 Å². The molecule has 1 atom stereocenters. The van der Waals surface area contributed by atoms with Crippen LogP contribution < -0.4 is 10.6 Å². The van der Waals surface area contributed by atoms with E-state index >= 15 is 0 Å². The van der Waals surface area contributed by atoms with Gasteiger partial charge in [-0.15, -0.1) is 0 Å². The molecule has 18 heavy (non-hydrogen) atoms. The van der Waals surface area contributed by atoms with E-state index in [9.17, 15) is 0 Å². The summed E-state index contributed by atoms with van der Waals surface area (Å²) in [5.41, 5.74) is 0. The van der Waals surface area contributed by atoms with E-state index in [-0.39, 0.29) is 5.28 Å². The summed E-state index contributed by atoms with van der Waals surface area (Å²) in [4.78, 5) is 12.4. The van der Waals surface area contributed by atoms with Gasteiger partial charge < -0.3 is 10.6 Å². The topological polar surface area (TPSA) is 62.7 Å². The van der Waals surface area contributed by atoms with E-state index in [1.54, 1.807) is 0 Å². The molecule has 1 aromatic heterocycles. The van der Waals surface area contributed by atoms with Gasteiger partial charge in [0.15, 0.2) is 0 Å². The molecule has 2 rings (SSSR count). The molecule has 0 aromatic carbocycles. The highest BCUT2D eigenvalue weighted by molar-refractivity contribution is 7.99. The molecule has 2 N–H and O–H groups in total. The number of aromatic nitrogens is 3. The lowest BCUT2D eigenvalue weighted by Gasteiger charge is -2.11. The molecular weight excluding hydrogens is 270 g/mol. The van der Waals surface area contributed by atoms with Gasteiger partial charge in [-0.25, -0.2) is 0 Å². The molecule has 7 heteroatoms. The number of nitrogens with one attached hydrogen (secondary N) is 2. The molecule has 0 spiro atoms. The van der Waals surface area contributed by atoms with E-state index in [2.05, 4.69) is 32.5 Å².